The van der Waals surface area contributed by atoms with E-state index >= 15 is 0 Å². The maximum absolute atomic E-state index is 12.9. The van der Waals surface area contributed by atoms with Crippen LogP contribution in [0.15, 0.2) is 24.3 Å². The molecule has 0 saturated heterocycles. The Hall–Kier alpha value is -2.57. The number of alkyl carbamates (subject to hydrolysis) is 1. The Morgan fingerprint density at radius 2 is 1.61 bits per heavy atom. The van der Waals surface area contributed by atoms with E-state index in [9.17, 15) is 14.4 Å². The predicted molar refractivity (Wildman–Crippen MR) is 126 cm³/mol. The van der Waals surface area contributed by atoms with Gasteiger partial charge in [-0.1, -0.05) is 12.1 Å². The summed E-state index contributed by atoms with van der Waals surface area (Å²) in [5, 5.41) is 8.30. The lowest BCUT2D eigenvalue weighted by atomic mass is 9.49. The van der Waals surface area contributed by atoms with Gasteiger partial charge in [0.2, 0.25) is 11.8 Å². The molecular weight excluding hydrogens is 418 g/mol. The van der Waals surface area contributed by atoms with E-state index in [0.29, 0.717) is 13.0 Å². The van der Waals surface area contributed by atoms with Crippen molar-refractivity contribution in [3.63, 3.8) is 0 Å². The zero-order valence-electron chi connectivity index (χ0n) is 20.0. The average Bonchev–Trinajstić information content (AvgIpc) is 2.68. The largest absolute Gasteiger partial charge is 0.444 e. The van der Waals surface area contributed by atoms with E-state index < -0.39 is 11.7 Å². The summed E-state index contributed by atoms with van der Waals surface area (Å²) in [5.41, 5.74) is 1.24. The number of nitrogens with one attached hydrogen (secondary N) is 3. The summed E-state index contributed by atoms with van der Waals surface area (Å²) in [4.78, 5) is 36.6. The first-order chi connectivity index (χ1) is 15.6. The van der Waals surface area contributed by atoms with Crippen molar-refractivity contribution >= 4 is 23.6 Å². The van der Waals surface area contributed by atoms with Crippen molar-refractivity contribution in [2.24, 2.45) is 23.2 Å². The van der Waals surface area contributed by atoms with Crippen LogP contribution in [-0.2, 0) is 20.9 Å². The number of ether oxygens (including phenoxy) is 1. The second kappa shape index (κ2) is 9.35. The zero-order valence-corrected chi connectivity index (χ0v) is 20.0. The normalized spacial score (nSPS) is 27.7. The van der Waals surface area contributed by atoms with Gasteiger partial charge in [0, 0.05) is 18.7 Å². The standard InChI is InChI=1S/C26H37N3O4/c1-25(2,3)33-24(32)28-16-23(31)27-15-17-5-4-6-21(10-17)29-22(30)14-26-11-18-7-19(12-26)9-20(8-18)13-26/h4-6,10,18-20H,7-9,11-16H2,1-3H3,(H,27,31)(H,28,32)(H,29,30). The fourth-order valence-corrected chi connectivity index (χ4v) is 6.54. The smallest absolute Gasteiger partial charge is 0.408 e. The van der Waals surface area contributed by atoms with Crippen molar-refractivity contribution in [3.8, 4) is 0 Å². The molecule has 5 rings (SSSR count). The predicted octanol–water partition coefficient (Wildman–Crippen LogP) is 4.37. The number of amides is 3. The molecule has 1 aromatic carbocycles. The Kier molecular flexibility index (Phi) is 6.68. The van der Waals surface area contributed by atoms with Crippen molar-refractivity contribution in [2.45, 2.75) is 77.9 Å². The van der Waals surface area contributed by atoms with Crippen molar-refractivity contribution in [1.82, 2.24) is 10.6 Å². The second-order valence-electron chi connectivity index (χ2n) is 11.5. The van der Waals surface area contributed by atoms with Gasteiger partial charge in [-0.25, -0.2) is 4.79 Å². The number of hydrogen-bond acceptors (Lipinski definition) is 4. The van der Waals surface area contributed by atoms with Gasteiger partial charge in [0.25, 0.3) is 0 Å². The first kappa shape index (κ1) is 23.6. The van der Waals surface area contributed by atoms with Crippen molar-refractivity contribution in [1.29, 1.82) is 0 Å². The highest BCUT2D eigenvalue weighted by molar-refractivity contribution is 5.91. The van der Waals surface area contributed by atoms with E-state index in [1.165, 1.54) is 38.5 Å². The minimum atomic E-state index is -0.624. The first-order valence-electron chi connectivity index (χ1n) is 12.2. The molecule has 4 fully saturated rings. The van der Waals surface area contributed by atoms with Gasteiger partial charge in [0.05, 0.1) is 0 Å². The molecule has 3 amide bonds. The molecule has 180 valence electrons. The van der Waals surface area contributed by atoms with Crippen LogP contribution in [-0.4, -0.2) is 30.1 Å². The third kappa shape index (κ3) is 6.49. The lowest BCUT2D eigenvalue weighted by molar-refractivity contribution is -0.124. The van der Waals surface area contributed by atoms with Gasteiger partial charge in [0.15, 0.2) is 0 Å². The number of anilines is 1. The number of benzene rings is 1. The van der Waals surface area contributed by atoms with Crippen LogP contribution in [0.2, 0.25) is 0 Å². The molecule has 4 bridgehead atoms. The maximum Gasteiger partial charge on any atom is 0.408 e. The molecule has 4 aliphatic rings. The minimum Gasteiger partial charge on any atom is -0.444 e. The fourth-order valence-electron chi connectivity index (χ4n) is 6.54. The third-order valence-electron chi connectivity index (χ3n) is 7.19. The van der Waals surface area contributed by atoms with Crippen molar-refractivity contribution in [2.75, 3.05) is 11.9 Å². The molecular formula is C26H37N3O4. The zero-order chi connectivity index (χ0) is 23.6. The second-order valence-corrected chi connectivity index (χ2v) is 11.5. The maximum atomic E-state index is 12.9. The van der Waals surface area contributed by atoms with Gasteiger partial charge >= 0.3 is 6.09 Å². The SMILES string of the molecule is CC(C)(C)OC(=O)NCC(=O)NCc1cccc(NC(=O)CC23CC4CC(CC(C4)C2)C3)c1. The molecule has 7 nitrogen and oxygen atoms in total. The summed E-state index contributed by atoms with van der Waals surface area (Å²) in [6, 6.07) is 7.54. The van der Waals surface area contributed by atoms with Crippen LogP contribution in [0, 0.1) is 23.2 Å². The summed E-state index contributed by atoms with van der Waals surface area (Å²) < 4.78 is 5.12. The topological polar surface area (TPSA) is 96.5 Å². The molecule has 4 aliphatic carbocycles. The van der Waals surface area contributed by atoms with Crippen LogP contribution < -0.4 is 16.0 Å². The van der Waals surface area contributed by atoms with Crippen LogP contribution in [0.3, 0.4) is 0 Å². The Bertz CT molecular complexity index is 870. The number of carbonyl (C=O) groups excluding carboxylic acids is 3. The van der Waals surface area contributed by atoms with E-state index in [2.05, 4.69) is 16.0 Å². The molecule has 0 aliphatic heterocycles. The summed E-state index contributed by atoms with van der Waals surface area (Å²) in [5.74, 6) is 2.29. The summed E-state index contributed by atoms with van der Waals surface area (Å²) in [6.45, 7) is 5.45. The Labute approximate surface area is 196 Å². The summed E-state index contributed by atoms with van der Waals surface area (Å²) >= 11 is 0. The minimum absolute atomic E-state index is 0.0969. The van der Waals surface area contributed by atoms with Gasteiger partial charge in [-0.05, 0) is 100 Å². The van der Waals surface area contributed by atoms with Crippen molar-refractivity contribution < 1.29 is 19.1 Å². The van der Waals surface area contributed by atoms with Gasteiger partial charge in [0.1, 0.15) is 12.1 Å². The van der Waals surface area contributed by atoms with Gasteiger partial charge in [-0.15, -0.1) is 0 Å². The molecule has 0 heterocycles. The molecule has 3 N–H and O–H groups in total. The first-order valence-corrected chi connectivity index (χ1v) is 12.2. The van der Waals surface area contributed by atoms with E-state index in [1.807, 2.05) is 24.3 Å². The lowest BCUT2D eigenvalue weighted by Crippen LogP contribution is -2.47. The number of hydrogen-bond donors (Lipinski definition) is 3. The number of rotatable bonds is 7. The molecule has 33 heavy (non-hydrogen) atoms. The van der Waals surface area contributed by atoms with E-state index in [0.717, 1.165) is 29.0 Å². The van der Waals surface area contributed by atoms with Crippen molar-refractivity contribution in [3.05, 3.63) is 29.8 Å². The van der Waals surface area contributed by atoms with Crippen LogP contribution in [0.1, 0.15) is 71.3 Å². The van der Waals surface area contributed by atoms with Crippen LogP contribution in [0.4, 0.5) is 10.5 Å². The average molecular weight is 456 g/mol. The molecule has 0 atom stereocenters. The number of carbonyl (C=O) groups is 3. The monoisotopic (exact) mass is 455 g/mol. The van der Waals surface area contributed by atoms with E-state index in [-0.39, 0.29) is 23.8 Å². The van der Waals surface area contributed by atoms with Crippen LogP contribution in [0.5, 0.6) is 0 Å². The van der Waals surface area contributed by atoms with E-state index in [1.54, 1.807) is 20.8 Å². The van der Waals surface area contributed by atoms with Gasteiger partial charge in [-0.2, -0.15) is 0 Å². The highest BCUT2D eigenvalue weighted by Gasteiger charge is 2.51. The summed E-state index contributed by atoms with van der Waals surface area (Å²) in [7, 11) is 0. The van der Waals surface area contributed by atoms with Crippen LogP contribution >= 0.6 is 0 Å². The molecule has 0 aromatic heterocycles. The van der Waals surface area contributed by atoms with Gasteiger partial charge in [-0.3, -0.25) is 9.59 Å². The Balaban J connectivity index is 1.23. The molecule has 0 unspecified atom stereocenters. The molecule has 0 radical (unpaired) electrons. The fraction of sp³-hybridized carbons (Fsp3) is 0.654. The quantitative estimate of drug-likeness (QED) is 0.569. The Morgan fingerprint density at radius 1 is 0.970 bits per heavy atom. The van der Waals surface area contributed by atoms with Gasteiger partial charge < -0.3 is 20.7 Å². The highest BCUT2D eigenvalue weighted by Crippen LogP contribution is 2.61. The third-order valence-corrected chi connectivity index (χ3v) is 7.19. The lowest BCUT2D eigenvalue weighted by Gasteiger charge is -2.56. The van der Waals surface area contributed by atoms with Crippen LogP contribution in [0.25, 0.3) is 0 Å². The van der Waals surface area contributed by atoms with E-state index in [4.69, 9.17) is 4.74 Å². The summed E-state index contributed by atoms with van der Waals surface area (Å²) in [6.07, 6.45) is 7.78. The highest BCUT2D eigenvalue weighted by atomic mass is 16.6. The molecule has 0 spiro atoms. The Morgan fingerprint density at radius 3 is 2.21 bits per heavy atom. The molecule has 7 heteroatoms. The molecule has 1 aromatic rings. The molecule has 4 saturated carbocycles.